The van der Waals surface area contributed by atoms with Crippen LogP contribution in [0.1, 0.15) is 19.4 Å². The molecule has 6 nitrogen and oxygen atoms in total. The van der Waals surface area contributed by atoms with Crippen LogP contribution < -0.4 is 0 Å². The van der Waals surface area contributed by atoms with E-state index in [-0.39, 0.29) is 21.8 Å². The predicted octanol–water partition coefficient (Wildman–Crippen LogP) is 3.11. The Morgan fingerprint density at radius 3 is 2.70 bits per heavy atom. The number of nitriles is 1. The molecule has 20 heavy (non-hydrogen) atoms. The van der Waals surface area contributed by atoms with Gasteiger partial charge in [0.25, 0.3) is 5.69 Å². The number of hydrogen-bond acceptors (Lipinski definition) is 5. The number of rotatable bonds is 4. The molecular weight excluding hydrogens is 284 g/mol. The number of nitro groups is 1. The summed E-state index contributed by atoms with van der Waals surface area (Å²) < 4.78 is 4.87. The third-order valence-corrected chi connectivity index (χ3v) is 2.40. The van der Waals surface area contributed by atoms with Gasteiger partial charge in [-0.05, 0) is 32.1 Å². The van der Waals surface area contributed by atoms with E-state index in [0.717, 1.165) is 6.08 Å². The lowest BCUT2D eigenvalue weighted by atomic mass is 10.1. The third-order valence-electron chi connectivity index (χ3n) is 2.17. The molecule has 0 aliphatic heterocycles. The van der Waals surface area contributed by atoms with Gasteiger partial charge >= 0.3 is 5.97 Å². The summed E-state index contributed by atoms with van der Waals surface area (Å²) in [5.41, 5.74) is -0.511. The SMILES string of the molecule is CC(C)OC(=O)C(C#N)=Cc1cc(Cl)ccc1[N+](=O)[O-]. The minimum absolute atomic E-state index is 0.0692. The average molecular weight is 295 g/mol. The maximum Gasteiger partial charge on any atom is 0.349 e. The van der Waals surface area contributed by atoms with Crippen molar-refractivity contribution in [1.82, 2.24) is 0 Å². The van der Waals surface area contributed by atoms with Crippen LogP contribution in [-0.2, 0) is 9.53 Å². The summed E-state index contributed by atoms with van der Waals surface area (Å²) in [5, 5.41) is 20.1. The molecule has 0 aliphatic rings. The van der Waals surface area contributed by atoms with Gasteiger partial charge < -0.3 is 4.74 Å². The van der Waals surface area contributed by atoms with Crippen molar-refractivity contribution in [2.24, 2.45) is 0 Å². The van der Waals surface area contributed by atoms with Crippen LogP contribution in [-0.4, -0.2) is 17.0 Å². The Morgan fingerprint density at radius 1 is 1.55 bits per heavy atom. The summed E-state index contributed by atoms with van der Waals surface area (Å²) in [6.45, 7) is 3.27. The monoisotopic (exact) mass is 294 g/mol. The van der Waals surface area contributed by atoms with Gasteiger partial charge in [0.05, 0.1) is 16.6 Å². The molecule has 0 atom stereocenters. The van der Waals surface area contributed by atoms with Crippen LogP contribution in [0, 0.1) is 21.4 Å². The van der Waals surface area contributed by atoms with E-state index in [4.69, 9.17) is 21.6 Å². The van der Waals surface area contributed by atoms with E-state index in [1.807, 2.05) is 0 Å². The highest BCUT2D eigenvalue weighted by Gasteiger charge is 2.17. The fourth-order valence-corrected chi connectivity index (χ4v) is 1.56. The molecule has 104 valence electrons. The van der Waals surface area contributed by atoms with Gasteiger partial charge in [0, 0.05) is 11.1 Å². The molecule has 0 fully saturated rings. The van der Waals surface area contributed by atoms with Crippen molar-refractivity contribution in [3.05, 3.63) is 44.5 Å². The van der Waals surface area contributed by atoms with Crippen molar-refractivity contribution in [2.75, 3.05) is 0 Å². The molecule has 0 aliphatic carbocycles. The second-order valence-corrected chi connectivity index (χ2v) is 4.52. The van der Waals surface area contributed by atoms with Gasteiger partial charge in [0.15, 0.2) is 0 Å². The molecule has 1 aromatic carbocycles. The van der Waals surface area contributed by atoms with Gasteiger partial charge in [0.1, 0.15) is 11.6 Å². The number of nitro benzene ring substituents is 1. The van der Waals surface area contributed by atoms with E-state index in [9.17, 15) is 14.9 Å². The molecule has 0 saturated heterocycles. The maximum atomic E-state index is 11.6. The summed E-state index contributed by atoms with van der Waals surface area (Å²) in [7, 11) is 0. The zero-order valence-corrected chi connectivity index (χ0v) is 11.5. The van der Waals surface area contributed by atoms with Gasteiger partial charge in [-0.3, -0.25) is 10.1 Å². The number of ether oxygens (including phenoxy) is 1. The Hall–Kier alpha value is -2.39. The van der Waals surface area contributed by atoms with Crippen molar-refractivity contribution in [2.45, 2.75) is 20.0 Å². The lowest BCUT2D eigenvalue weighted by Crippen LogP contribution is -2.12. The van der Waals surface area contributed by atoms with Crippen LogP contribution in [0.25, 0.3) is 6.08 Å². The molecule has 7 heteroatoms. The van der Waals surface area contributed by atoms with Crippen molar-refractivity contribution >= 4 is 29.3 Å². The molecule has 0 heterocycles. The van der Waals surface area contributed by atoms with Gasteiger partial charge in [0.2, 0.25) is 0 Å². The highest BCUT2D eigenvalue weighted by Crippen LogP contribution is 2.25. The van der Waals surface area contributed by atoms with Crippen LogP contribution in [0.2, 0.25) is 5.02 Å². The molecule has 0 aromatic heterocycles. The molecule has 1 aromatic rings. The van der Waals surface area contributed by atoms with Crippen molar-refractivity contribution in [3.8, 4) is 6.07 Å². The number of hydrogen-bond donors (Lipinski definition) is 0. The normalized spacial score (nSPS) is 11.1. The second kappa shape index (κ2) is 6.68. The number of nitrogens with zero attached hydrogens (tertiary/aromatic N) is 2. The van der Waals surface area contributed by atoms with Crippen LogP contribution in [0.4, 0.5) is 5.69 Å². The van der Waals surface area contributed by atoms with Crippen molar-refractivity contribution < 1.29 is 14.5 Å². The molecule has 0 spiro atoms. The third kappa shape index (κ3) is 4.07. The quantitative estimate of drug-likeness (QED) is 0.280. The standard InChI is InChI=1S/C13H11ClN2O4/c1-8(2)20-13(17)10(7-15)5-9-6-11(14)3-4-12(9)16(18)19/h3-6,8H,1-2H3. The van der Waals surface area contributed by atoms with Gasteiger partial charge in [-0.1, -0.05) is 11.6 Å². The lowest BCUT2D eigenvalue weighted by molar-refractivity contribution is -0.385. The Bertz CT molecular complexity index is 617. The summed E-state index contributed by atoms with van der Waals surface area (Å²) in [4.78, 5) is 21.9. The zero-order chi connectivity index (χ0) is 15.3. The van der Waals surface area contributed by atoms with Gasteiger partial charge in [-0.2, -0.15) is 5.26 Å². The largest absolute Gasteiger partial charge is 0.459 e. The highest BCUT2D eigenvalue weighted by molar-refractivity contribution is 6.30. The summed E-state index contributed by atoms with van der Waals surface area (Å²) in [6.07, 6.45) is 0.697. The lowest BCUT2D eigenvalue weighted by Gasteiger charge is -2.06. The van der Waals surface area contributed by atoms with E-state index in [1.165, 1.54) is 18.2 Å². The van der Waals surface area contributed by atoms with Crippen LogP contribution in [0.3, 0.4) is 0 Å². The topological polar surface area (TPSA) is 93.2 Å². The summed E-state index contributed by atoms with van der Waals surface area (Å²) in [5.74, 6) is -0.836. The minimum atomic E-state index is -0.836. The maximum absolute atomic E-state index is 11.6. The van der Waals surface area contributed by atoms with Crippen LogP contribution in [0.15, 0.2) is 23.8 Å². The Balaban J connectivity index is 3.26. The number of esters is 1. The fourth-order valence-electron chi connectivity index (χ4n) is 1.38. The first kappa shape index (κ1) is 15.7. The van der Waals surface area contributed by atoms with Gasteiger partial charge in [-0.25, -0.2) is 4.79 Å². The predicted molar refractivity (Wildman–Crippen MR) is 72.9 cm³/mol. The molecule has 0 unspecified atom stereocenters. The number of benzene rings is 1. The molecule has 0 amide bonds. The fraction of sp³-hybridized carbons (Fsp3) is 0.231. The molecule has 0 N–H and O–H groups in total. The van der Waals surface area contributed by atoms with Crippen LogP contribution >= 0.6 is 11.6 Å². The first-order chi connectivity index (χ1) is 9.35. The Kier molecular flexibility index (Phi) is 5.23. The van der Waals surface area contributed by atoms with E-state index < -0.39 is 17.0 Å². The molecular formula is C13H11ClN2O4. The molecule has 0 radical (unpaired) electrons. The number of carbonyl (C=O) groups is 1. The molecule has 0 saturated carbocycles. The summed E-state index contributed by atoms with van der Waals surface area (Å²) >= 11 is 5.76. The van der Waals surface area contributed by atoms with E-state index in [2.05, 4.69) is 0 Å². The highest BCUT2D eigenvalue weighted by atomic mass is 35.5. The van der Waals surface area contributed by atoms with E-state index in [1.54, 1.807) is 19.9 Å². The molecule has 0 bridgehead atoms. The Morgan fingerprint density at radius 2 is 2.20 bits per heavy atom. The second-order valence-electron chi connectivity index (χ2n) is 4.08. The van der Waals surface area contributed by atoms with Crippen LogP contribution in [0.5, 0.6) is 0 Å². The first-order valence-corrected chi connectivity index (χ1v) is 5.99. The van der Waals surface area contributed by atoms with E-state index >= 15 is 0 Å². The number of halogens is 1. The zero-order valence-electron chi connectivity index (χ0n) is 10.8. The minimum Gasteiger partial charge on any atom is -0.459 e. The van der Waals surface area contributed by atoms with E-state index in [0.29, 0.717) is 0 Å². The Labute approximate surface area is 120 Å². The van der Waals surface area contributed by atoms with Gasteiger partial charge in [-0.15, -0.1) is 0 Å². The summed E-state index contributed by atoms with van der Waals surface area (Å²) in [6, 6.07) is 5.53. The van der Waals surface area contributed by atoms with Crippen molar-refractivity contribution in [3.63, 3.8) is 0 Å². The average Bonchev–Trinajstić information content (AvgIpc) is 2.34. The smallest absolute Gasteiger partial charge is 0.349 e. The molecule has 1 rings (SSSR count). The number of carbonyl (C=O) groups excluding carboxylic acids is 1. The van der Waals surface area contributed by atoms with Crippen molar-refractivity contribution in [1.29, 1.82) is 5.26 Å². The first-order valence-electron chi connectivity index (χ1n) is 5.62.